The highest BCUT2D eigenvalue weighted by atomic mass is 79.9. The zero-order chi connectivity index (χ0) is 9.14. The van der Waals surface area contributed by atoms with E-state index in [1.165, 1.54) is 7.11 Å². The van der Waals surface area contributed by atoms with Crippen molar-refractivity contribution in [3.63, 3.8) is 0 Å². The molecule has 0 fully saturated rings. The van der Waals surface area contributed by atoms with E-state index in [-0.39, 0.29) is 0 Å². The summed E-state index contributed by atoms with van der Waals surface area (Å²) in [7, 11) is 1.50. The molecular formula is C8H6BrClO2. The summed E-state index contributed by atoms with van der Waals surface area (Å²) in [6, 6.07) is 3.34. The number of hydrogen-bond acceptors (Lipinski definition) is 2. The molecule has 1 aromatic rings. The van der Waals surface area contributed by atoms with Crippen LogP contribution in [0.15, 0.2) is 16.6 Å². The van der Waals surface area contributed by atoms with Gasteiger partial charge in [-0.2, -0.15) is 0 Å². The molecule has 0 saturated heterocycles. The summed E-state index contributed by atoms with van der Waals surface area (Å²) < 4.78 is 5.72. The summed E-state index contributed by atoms with van der Waals surface area (Å²) in [4.78, 5) is 10.5. The van der Waals surface area contributed by atoms with E-state index in [4.69, 9.17) is 16.3 Å². The lowest BCUT2D eigenvalue weighted by Crippen LogP contribution is -1.89. The van der Waals surface area contributed by atoms with Crippen molar-refractivity contribution in [1.82, 2.24) is 0 Å². The first-order valence-corrected chi connectivity index (χ1v) is 4.35. The molecular weight excluding hydrogens is 243 g/mol. The largest absolute Gasteiger partial charge is 0.494 e. The molecule has 1 aromatic carbocycles. The summed E-state index contributed by atoms with van der Waals surface area (Å²) >= 11 is 9.07. The van der Waals surface area contributed by atoms with Crippen LogP contribution < -0.4 is 4.74 Å². The van der Waals surface area contributed by atoms with Crippen molar-refractivity contribution in [2.24, 2.45) is 0 Å². The van der Waals surface area contributed by atoms with Crippen molar-refractivity contribution in [3.05, 3.63) is 27.2 Å². The molecule has 0 saturated carbocycles. The molecule has 1 rings (SSSR count). The fraction of sp³-hybridized carbons (Fsp3) is 0.125. The number of rotatable bonds is 2. The molecule has 0 spiro atoms. The second-order valence-corrected chi connectivity index (χ2v) is 3.33. The summed E-state index contributed by atoms with van der Waals surface area (Å²) in [6.45, 7) is 0. The van der Waals surface area contributed by atoms with Crippen LogP contribution in [0.4, 0.5) is 0 Å². The minimum atomic E-state index is 0.335. The van der Waals surface area contributed by atoms with Crippen LogP contribution in [-0.4, -0.2) is 13.4 Å². The number of methoxy groups -OCH3 is 1. The minimum absolute atomic E-state index is 0.335. The van der Waals surface area contributed by atoms with Gasteiger partial charge in [-0.05, 0) is 28.1 Å². The standard InChI is InChI=1S/C8H6BrClO2/c1-12-8-6(9)3-2-5(4-11)7(8)10/h2-4H,1H3. The molecule has 0 aromatic heterocycles. The molecule has 0 unspecified atom stereocenters. The molecule has 0 radical (unpaired) electrons. The lowest BCUT2D eigenvalue weighted by molar-refractivity contribution is 0.112. The third-order valence-electron chi connectivity index (χ3n) is 1.41. The average Bonchev–Trinajstić information content (AvgIpc) is 2.06. The smallest absolute Gasteiger partial charge is 0.152 e. The molecule has 0 atom stereocenters. The Morgan fingerprint density at radius 2 is 2.25 bits per heavy atom. The molecule has 4 heteroatoms. The van der Waals surface area contributed by atoms with Crippen LogP contribution in [0, 0.1) is 0 Å². The number of hydrogen-bond donors (Lipinski definition) is 0. The van der Waals surface area contributed by atoms with E-state index in [1.807, 2.05) is 0 Å². The SMILES string of the molecule is COc1c(Br)ccc(C=O)c1Cl. The normalized spacial score (nSPS) is 9.58. The quantitative estimate of drug-likeness (QED) is 0.753. The van der Waals surface area contributed by atoms with Crippen LogP contribution >= 0.6 is 27.5 Å². The van der Waals surface area contributed by atoms with Crippen LogP contribution in [0.3, 0.4) is 0 Å². The third-order valence-corrected chi connectivity index (χ3v) is 2.42. The highest BCUT2D eigenvalue weighted by molar-refractivity contribution is 9.10. The van der Waals surface area contributed by atoms with Crippen molar-refractivity contribution >= 4 is 33.8 Å². The lowest BCUT2D eigenvalue weighted by atomic mass is 10.2. The topological polar surface area (TPSA) is 26.3 Å². The van der Waals surface area contributed by atoms with Gasteiger partial charge in [-0.15, -0.1) is 0 Å². The molecule has 0 bridgehead atoms. The Balaban J connectivity index is 3.33. The second-order valence-electron chi connectivity index (χ2n) is 2.10. The van der Waals surface area contributed by atoms with Crippen LogP contribution in [0.5, 0.6) is 5.75 Å². The van der Waals surface area contributed by atoms with Crippen molar-refractivity contribution in [1.29, 1.82) is 0 Å². The maximum absolute atomic E-state index is 10.5. The summed E-state index contributed by atoms with van der Waals surface area (Å²) in [5, 5.41) is 0.335. The first kappa shape index (κ1) is 9.55. The van der Waals surface area contributed by atoms with E-state index in [0.29, 0.717) is 22.6 Å². The molecule has 64 valence electrons. The Morgan fingerprint density at radius 3 is 2.75 bits per heavy atom. The highest BCUT2D eigenvalue weighted by Gasteiger charge is 2.09. The number of carbonyl (C=O) groups excluding carboxylic acids is 1. The van der Waals surface area contributed by atoms with E-state index in [0.717, 1.165) is 4.47 Å². The van der Waals surface area contributed by atoms with Gasteiger partial charge in [-0.25, -0.2) is 0 Å². The zero-order valence-corrected chi connectivity index (χ0v) is 8.65. The van der Waals surface area contributed by atoms with Gasteiger partial charge in [0.2, 0.25) is 0 Å². The Labute approximate surface area is 83.6 Å². The molecule has 0 amide bonds. The van der Waals surface area contributed by atoms with Gasteiger partial charge in [0.1, 0.15) is 0 Å². The van der Waals surface area contributed by atoms with Gasteiger partial charge in [0, 0.05) is 5.56 Å². The maximum atomic E-state index is 10.5. The van der Waals surface area contributed by atoms with E-state index >= 15 is 0 Å². The lowest BCUT2D eigenvalue weighted by Gasteiger charge is -2.06. The minimum Gasteiger partial charge on any atom is -0.494 e. The van der Waals surface area contributed by atoms with Gasteiger partial charge < -0.3 is 4.74 Å². The number of ether oxygens (including phenoxy) is 1. The zero-order valence-electron chi connectivity index (χ0n) is 6.30. The molecule has 12 heavy (non-hydrogen) atoms. The number of benzene rings is 1. The monoisotopic (exact) mass is 248 g/mol. The number of aldehydes is 1. The molecule has 0 aliphatic carbocycles. The fourth-order valence-corrected chi connectivity index (χ4v) is 1.72. The molecule has 0 heterocycles. The predicted molar refractivity (Wildman–Crippen MR) is 51.1 cm³/mol. The van der Waals surface area contributed by atoms with E-state index in [2.05, 4.69) is 15.9 Å². The van der Waals surface area contributed by atoms with E-state index < -0.39 is 0 Å². The Bertz CT molecular complexity index is 312. The summed E-state index contributed by atoms with van der Waals surface area (Å²) in [5.74, 6) is 0.487. The highest BCUT2D eigenvalue weighted by Crippen LogP contribution is 2.34. The third kappa shape index (κ3) is 1.62. The Hall–Kier alpha value is -0.540. The van der Waals surface area contributed by atoms with Gasteiger partial charge in [0.15, 0.2) is 12.0 Å². The Kier molecular flexibility index (Phi) is 3.12. The van der Waals surface area contributed by atoms with Gasteiger partial charge in [0.25, 0.3) is 0 Å². The predicted octanol–water partition coefficient (Wildman–Crippen LogP) is 2.92. The van der Waals surface area contributed by atoms with Crippen LogP contribution in [0.1, 0.15) is 10.4 Å². The first-order chi connectivity index (χ1) is 5.70. The van der Waals surface area contributed by atoms with Crippen molar-refractivity contribution in [2.45, 2.75) is 0 Å². The van der Waals surface area contributed by atoms with Crippen molar-refractivity contribution in [2.75, 3.05) is 7.11 Å². The van der Waals surface area contributed by atoms with Gasteiger partial charge in [-0.3, -0.25) is 4.79 Å². The maximum Gasteiger partial charge on any atom is 0.152 e. The van der Waals surface area contributed by atoms with Gasteiger partial charge in [0.05, 0.1) is 16.6 Å². The summed E-state index contributed by atoms with van der Waals surface area (Å²) in [6.07, 6.45) is 0.692. The molecule has 0 aliphatic rings. The van der Waals surface area contributed by atoms with Crippen molar-refractivity contribution < 1.29 is 9.53 Å². The van der Waals surface area contributed by atoms with Gasteiger partial charge >= 0.3 is 0 Å². The number of halogens is 2. The van der Waals surface area contributed by atoms with Crippen LogP contribution in [-0.2, 0) is 0 Å². The number of carbonyl (C=O) groups is 1. The summed E-state index contributed by atoms with van der Waals surface area (Å²) in [5.41, 5.74) is 0.428. The van der Waals surface area contributed by atoms with Crippen molar-refractivity contribution in [3.8, 4) is 5.75 Å². The molecule has 2 nitrogen and oxygen atoms in total. The average molecular weight is 249 g/mol. The van der Waals surface area contributed by atoms with Gasteiger partial charge in [-0.1, -0.05) is 11.6 Å². The first-order valence-electron chi connectivity index (χ1n) is 3.18. The second kappa shape index (κ2) is 3.92. The van der Waals surface area contributed by atoms with E-state index in [1.54, 1.807) is 12.1 Å². The molecule has 0 N–H and O–H groups in total. The van der Waals surface area contributed by atoms with Crippen LogP contribution in [0.25, 0.3) is 0 Å². The van der Waals surface area contributed by atoms with E-state index in [9.17, 15) is 4.79 Å². The fourth-order valence-electron chi connectivity index (χ4n) is 0.826. The van der Waals surface area contributed by atoms with Crippen LogP contribution in [0.2, 0.25) is 5.02 Å². The molecule has 0 aliphatic heterocycles. The Morgan fingerprint density at radius 1 is 1.58 bits per heavy atom.